The number of hydrogen-bond donors (Lipinski definition) is 3. The number of phenolic OH excluding ortho intramolecular Hbond substituents is 1. The number of methoxy groups -OCH3 is 1. The first-order valence-electron chi connectivity index (χ1n) is 5.78. The Hall–Kier alpha value is -2.01. The topological polar surface area (TPSA) is 70.6 Å². The highest BCUT2D eigenvalue weighted by Gasteiger charge is 2.14. The number of amides is 1. The van der Waals surface area contributed by atoms with Crippen LogP contribution in [0.4, 0.5) is 0 Å². The van der Waals surface area contributed by atoms with Crippen molar-refractivity contribution in [2.75, 3.05) is 7.11 Å². The molecule has 1 fully saturated rings. The van der Waals surface area contributed by atoms with Crippen molar-refractivity contribution in [1.82, 2.24) is 10.9 Å². The zero-order chi connectivity index (χ0) is 13.0. The van der Waals surface area contributed by atoms with E-state index in [4.69, 9.17) is 4.74 Å². The van der Waals surface area contributed by atoms with Crippen molar-refractivity contribution < 1.29 is 14.6 Å². The fourth-order valence-electron chi connectivity index (χ4n) is 1.78. The van der Waals surface area contributed by atoms with Gasteiger partial charge in [0.25, 0.3) is 0 Å². The molecule has 3 N–H and O–H groups in total. The van der Waals surface area contributed by atoms with Gasteiger partial charge >= 0.3 is 0 Å². The zero-order valence-electron chi connectivity index (χ0n) is 10.1. The first-order chi connectivity index (χ1) is 8.69. The van der Waals surface area contributed by atoms with Gasteiger partial charge in [-0.25, -0.2) is 5.43 Å². The summed E-state index contributed by atoms with van der Waals surface area (Å²) in [6.45, 7) is 0. The van der Waals surface area contributed by atoms with Crippen LogP contribution >= 0.6 is 0 Å². The molecule has 18 heavy (non-hydrogen) atoms. The Kier molecular flexibility index (Phi) is 3.84. The van der Waals surface area contributed by atoms with Crippen molar-refractivity contribution in [2.24, 2.45) is 0 Å². The molecule has 0 spiro atoms. The molecule has 2 rings (SSSR count). The van der Waals surface area contributed by atoms with Crippen molar-refractivity contribution in [3.05, 3.63) is 29.8 Å². The van der Waals surface area contributed by atoms with Gasteiger partial charge in [0.15, 0.2) is 11.5 Å². The van der Waals surface area contributed by atoms with Gasteiger partial charge in [0.1, 0.15) is 0 Å². The minimum Gasteiger partial charge on any atom is -0.504 e. The number of hydrogen-bond acceptors (Lipinski definition) is 4. The van der Waals surface area contributed by atoms with E-state index in [-0.39, 0.29) is 17.7 Å². The molecular weight excluding hydrogens is 232 g/mol. The third kappa shape index (κ3) is 3.01. The van der Waals surface area contributed by atoms with Crippen LogP contribution in [0.3, 0.4) is 0 Å². The molecule has 1 atom stereocenters. The molecule has 1 saturated heterocycles. The molecule has 5 nitrogen and oxygen atoms in total. The smallest absolute Gasteiger partial charge is 0.234 e. The molecule has 1 heterocycles. The van der Waals surface area contributed by atoms with Gasteiger partial charge in [0, 0.05) is 12.5 Å². The van der Waals surface area contributed by atoms with Gasteiger partial charge in [-0.2, -0.15) is 0 Å². The Morgan fingerprint density at radius 2 is 2.33 bits per heavy atom. The van der Waals surface area contributed by atoms with Crippen LogP contribution in [-0.4, -0.2) is 24.2 Å². The summed E-state index contributed by atoms with van der Waals surface area (Å²) in [5, 5.41) is 9.63. The number of aromatic hydroxyl groups is 1. The van der Waals surface area contributed by atoms with Crippen LogP contribution in [0, 0.1) is 0 Å². The minimum atomic E-state index is 0.0155. The number of benzene rings is 1. The lowest BCUT2D eigenvalue weighted by molar-refractivity contribution is -0.123. The maximum Gasteiger partial charge on any atom is 0.234 e. The van der Waals surface area contributed by atoms with E-state index < -0.39 is 0 Å². The van der Waals surface area contributed by atoms with Gasteiger partial charge < -0.3 is 9.84 Å². The molecule has 1 unspecified atom stereocenters. The van der Waals surface area contributed by atoms with Crippen molar-refractivity contribution in [2.45, 2.75) is 18.9 Å². The summed E-state index contributed by atoms with van der Waals surface area (Å²) in [7, 11) is 1.51. The van der Waals surface area contributed by atoms with Crippen LogP contribution in [0.1, 0.15) is 18.4 Å². The summed E-state index contributed by atoms with van der Waals surface area (Å²) in [5.41, 5.74) is 6.37. The van der Waals surface area contributed by atoms with Crippen LogP contribution in [-0.2, 0) is 4.79 Å². The lowest BCUT2D eigenvalue weighted by atomic mass is 10.1. The molecule has 1 amide bonds. The van der Waals surface area contributed by atoms with Gasteiger partial charge in [-0.15, -0.1) is 0 Å². The second kappa shape index (κ2) is 5.55. The first kappa shape index (κ1) is 12.4. The fraction of sp³-hybridized carbons (Fsp3) is 0.308. The van der Waals surface area contributed by atoms with Gasteiger partial charge in [-0.05, 0) is 24.1 Å². The van der Waals surface area contributed by atoms with Crippen LogP contribution in [0.25, 0.3) is 6.08 Å². The van der Waals surface area contributed by atoms with Crippen LogP contribution in [0.5, 0.6) is 11.5 Å². The molecule has 0 aliphatic carbocycles. The molecule has 0 radical (unpaired) electrons. The highest BCUT2D eigenvalue weighted by atomic mass is 16.5. The average Bonchev–Trinajstić information content (AvgIpc) is 2.38. The van der Waals surface area contributed by atoms with E-state index in [1.165, 1.54) is 7.11 Å². The third-order valence-corrected chi connectivity index (χ3v) is 2.80. The molecule has 0 aromatic heterocycles. The van der Waals surface area contributed by atoms with Crippen molar-refractivity contribution in [3.63, 3.8) is 0 Å². The number of carbonyl (C=O) groups is 1. The zero-order valence-corrected chi connectivity index (χ0v) is 10.1. The number of carbonyl (C=O) groups excluding carboxylic acids is 1. The van der Waals surface area contributed by atoms with E-state index in [0.29, 0.717) is 12.2 Å². The second-order valence-electron chi connectivity index (χ2n) is 4.13. The summed E-state index contributed by atoms with van der Waals surface area (Å²) in [4.78, 5) is 11.0. The summed E-state index contributed by atoms with van der Waals surface area (Å²) in [6.07, 6.45) is 5.15. The Morgan fingerprint density at radius 1 is 1.50 bits per heavy atom. The minimum absolute atomic E-state index is 0.0155. The van der Waals surface area contributed by atoms with E-state index in [1.807, 2.05) is 18.2 Å². The predicted molar refractivity (Wildman–Crippen MR) is 68.0 cm³/mol. The highest BCUT2D eigenvalue weighted by Crippen LogP contribution is 2.26. The summed E-state index contributed by atoms with van der Waals surface area (Å²) < 4.78 is 4.97. The van der Waals surface area contributed by atoms with E-state index in [1.54, 1.807) is 12.1 Å². The first-order valence-corrected chi connectivity index (χ1v) is 5.78. The molecule has 1 aromatic carbocycles. The number of rotatable bonds is 3. The van der Waals surface area contributed by atoms with Crippen LogP contribution in [0.15, 0.2) is 24.3 Å². The van der Waals surface area contributed by atoms with Crippen LogP contribution < -0.4 is 15.6 Å². The molecule has 0 bridgehead atoms. The van der Waals surface area contributed by atoms with E-state index in [0.717, 1.165) is 12.0 Å². The quantitative estimate of drug-likeness (QED) is 0.751. The SMILES string of the molecule is COc1ccc(/C=C/C2CCC(=O)NN2)cc1O. The van der Waals surface area contributed by atoms with Crippen molar-refractivity contribution in [3.8, 4) is 11.5 Å². The monoisotopic (exact) mass is 248 g/mol. The Labute approximate surface area is 105 Å². The number of hydrazine groups is 1. The van der Waals surface area contributed by atoms with E-state index in [2.05, 4.69) is 10.9 Å². The largest absolute Gasteiger partial charge is 0.504 e. The Morgan fingerprint density at radius 3 is 2.94 bits per heavy atom. The molecule has 1 aliphatic rings. The van der Waals surface area contributed by atoms with Crippen molar-refractivity contribution in [1.29, 1.82) is 0 Å². The molecule has 96 valence electrons. The van der Waals surface area contributed by atoms with Gasteiger partial charge in [0.05, 0.1) is 7.11 Å². The van der Waals surface area contributed by atoms with Gasteiger partial charge in [-0.1, -0.05) is 18.2 Å². The average molecular weight is 248 g/mol. The number of phenols is 1. The number of ether oxygens (including phenoxy) is 1. The summed E-state index contributed by atoms with van der Waals surface area (Å²) >= 11 is 0. The lowest BCUT2D eigenvalue weighted by Crippen LogP contribution is -2.48. The molecule has 1 aliphatic heterocycles. The Bertz CT molecular complexity index is 461. The lowest BCUT2D eigenvalue weighted by Gasteiger charge is -2.20. The highest BCUT2D eigenvalue weighted by molar-refractivity contribution is 5.76. The molecular formula is C13H16N2O3. The number of nitrogens with one attached hydrogen (secondary N) is 2. The third-order valence-electron chi connectivity index (χ3n) is 2.80. The summed E-state index contributed by atoms with van der Waals surface area (Å²) in [5.74, 6) is 0.585. The molecule has 5 heteroatoms. The van der Waals surface area contributed by atoms with E-state index in [9.17, 15) is 9.90 Å². The summed E-state index contributed by atoms with van der Waals surface area (Å²) in [6, 6.07) is 5.32. The maximum atomic E-state index is 11.0. The van der Waals surface area contributed by atoms with Gasteiger partial charge in [-0.3, -0.25) is 10.2 Å². The van der Waals surface area contributed by atoms with E-state index >= 15 is 0 Å². The standard InChI is InChI=1S/C13H16N2O3/c1-18-12-6-3-9(8-11(12)16)2-4-10-5-7-13(17)15-14-10/h2-4,6,8,10,14,16H,5,7H2,1H3,(H,15,17)/b4-2+. The van der Waals surface area contributed by atoms with Crippen LogP contribution in [0.2, 0.25) is 0 Å². The molecule has 0 saturated carbocycles. The molecule has 1 aromatic rings. The van der Waals surface area contributed by atoms with Gasteiger partial charge in [0.2, 0.25) is 5.91 Å². The Balaban J connectivity index is 2.00. The predicted octanol–water partition coefficient (Wildman–Crippen LogP) is 1.20. The maximum absolute atomic E-state index is 11.0. The normalized spacial score (nSPS) is 19.8. The van der Waals surface area contributed by atoms with Crippen molar-refractivity contribution >= 4 is 12.0 Å². The second-order valence-corrected chi connectivity index (χ2v) is 4.13. The fourth-order valence-corrected chi connectivity index (χ4v) is 1.78.